The molecule has 0 bridgehead atoms. The van der Waals surface area contributed by atoms with E-state index in [0.717, 1.165) is 15.8 Å². The van der Waals surface area contributed by atoms with Gasteiger partial charge in [0.25, 0.3) is 5.56 Å². The highest BCUT2D eigenvalue weighted by molar-refractivity contribution is 6.00. The van der Waals surface area contributed by atoms with Crippen LogP contribution in [0.5, 0.6) is 5.88 Å². The summed E-state index contributed by atoms with van der Waals surface area (Å²) in [6.45, 7) is 0. The fourth-order valence-corrected chi connectivity index (χ4v) is 2.05. The maximum Gasteiger partial charge on any atom is 0.330 e. The van der Waals surface area contributed by atoms with Crippen LogP contribution < -0.4 is 17.0 Å². The van der Waals surface area contributed by atoms with Gasteiger partial charge in [-0.1, -0.05) is 12.1 Å². The van der Waals surface area contributed by atoms with E-state index in [2.05, 4.69) is 20.2 Å². The minimum Gasteiger partial charge on any atom is -0.494 e. The Morgan fingerprint density at radius 1 is 1.26 bits per heavy atom. The molecule has 2 aromatic heterocycles. The molecule has 0 spiro atoms. The van der Waals surface area contributed by atoms with Gasteiger partial charge in [0, 0.05) is 18.8 Å². The van der Waals surface area contributed by atoms with Gasteiger partial charge in [-0.2, -0.15) is 0 Å². The summed E-state index contributed by atoms with van der Waals surface area (Å²) >= 11 is 0. The van der Waals surface area contributed by atoms with Gasteiger partial charge in [-0.25, -0.2) is 9.79 Å². The van der Waals surface area contributed by atoms with Crippen LogP contribution in [0.25, 0.3) is 11.3 Å². The molecule has 0 saturated carbocycles. The van der Waals surface area contributed by atoms with Gasteiger partial charge in [0.05, 0.1) is 11.4 Å². The number of nitrogens with zero attached hydrogens (tertiary/aromatic N) is 2. The van der Waals surface area contributed by atoms with Crippen molar-refractivity contribution in [1.29, 1.82) is 0 Å². The number of benzene rings is 1. The zero-order valence-electron chi connectivity index (χ0n) is 12.1. The molecule has 2 heterocycles. The quantitative estimate of drug-likeness (QED) is 0.346. The molecule has 0 fully saturated rings. The lowest BCUT2D eigenvalue weighted by Gasteiger charge is -2.07. The molecule has 0 unspecified atom stereocenters. The molecular formula is C14H14N6O3. The Kier molecular flexibility index (Phi) is 3.37. The number of aromatic hydroxyl groups is 1. The number of nitrogens with one attached hydrogen (secondary N) is 3. The maximum absolute atomic E-state index is 11.8. The number of nitrogens with two attached hydrogens (primary N) is 1. The average molecular weight is 314 g/mol. The molecule has 0 amide bonds. The fourth-order valence-electron chi connectivity index (χ4n) is 2.05. The molecule has 3 rings (SSSR count). The number of rotatable bonds is 3. The second kappa shape index (κ2) is 5.37. The normalized spacial score (nSPS) is 11.8. The van der Waals surface area contributed by atoms with Crippen molar-refractivity contribution >= 4 is 11.5 Å². The molecule has 0 aliphatic rings. The summed E-state index contributed by atoms with van der Waals surface area (Å²) in [7, 11) is 1.31. The van der Waals surface area contributed by atoms with Crippen LogP contribution in [0, 0.1) is 0 Å². The molecule has 23 heavy (non-hydrogen) atoms. The largest absolute Gasteiger partial charge is 0.494 e. The molecule has 3 aromatic rings. The van der Waals surface area contributed by atoms with Crippen molar-refractivity contribution in [3.05, 3.63) is 56.9 Å². The lowest BCUT2D eigenvalue weighted by atomic mass is 10.1. The molecular weight excluding hydrogens is 300 g/mol. The SMILES string of the molecule is Cn1c(O)c(C(N)=Nc2ccc(-c3c[nH][nH]3)cc2)c(=O)[nH]c1=O. The van der Waals surface area contributed by atoms with Crippen LogP contribution in [0.15, 0.2) is 45.0 Å². The summed E-state index contributed by atoms with van der Waals surface area (Å²) in [4.78, 5) is 29.4. The van der Waals surface area contributed by atoms with Gasteiger partial charge in [-0.3, -0.25) is 19.4 Å². The first kappa shape index (κ1) is 14.4. The second-order valence-corrected chi connectivity index (χ2v) is 4.89. The first-order chi connectivity index (χ1) is 11.0. The van der Waals surface area contributed by atoms with Crippen molar-refractivity contribution in [2.45, 2.75) is 0 Å². The van der Waals surface area contributed by atoms with E-state index in [4.69, 9.17) is 5.73 Å². The van der Waals surface area contributed by atoms with Gasteiger partial charge in [0.2, 0.25) is 5.88 Å². The van der Waals surface area contributed by atoms with Crippen LogP contribution in [0.4, 0.5) is 5.69 Å². The fraction of sp³-hybridized carbons (Fsp3) is 0.0714. The van der Waals surface area contributed by atoms with Crippen molar-refractivity contribution in [2.75, 3.05) is 0 Å². The van der Waals surface area contributed by atoms with E-state index < -0.39 is 17.1 Å². The lowest BCUT2D eigenvalue weighted by molar-refractivity contribution is 0.416. The molecule has 6 N–H and O–H groups in total. The highest BCUT2D eigenvalue weighted by Gasteiger charge is 2.15. The summed E-state index contributed by atoms with van der Waals surface area (Å²) in [6.07, 6.45) is 1.81. The number of H-pyrrole nitrogens is 3. The van der Waals surface area contributed by atoms with Crippen molar-refractivity contribution < 1.29 is 5.11 Å². The van der Waals surface area contributed by atoms with E-state index in [0.29, 0.717) is 5.69 Å². The smallest absolute Gasteiger partial charge is 0.330 e. The van der Waals surface area contributed by atoms with Crippen LogP contribution in [-0.4, -0.2) is 30.7 Å². The lowest BCUT2D eigenvalue weighted by Crippen LogP contribution is -2.34. The predicted octanol–water partition coefficient (Wildman–Crippen LogP) is 0.139. The monoisotopic (exact) mass is 314 g/mol. The molecule has 9 heteroatoms. The summed E-state index contributed by atoms with van der Waals surface area (Å²) in [6, 6.07) is 7.10. The van der Waals surface area contributed by atoms with E-state index >= 15 is 0 Å². The van der Waals surface area contributed by atoms with Crippen LogP contribution in [0.2, 0.25) is 0 Å². The van der Waals surface area contributed by atoms with E-state index in [1.807, 2.05) is 18.3 Å². The zero-order valence-corrected chi connectivity index (χ0v) is 12.1. The molecule has 118 valence electrons. The summed E-state index contributed by atoms with van der Waals surface area (Å²) in [5, 5.41) is 15.6. The molecule has 0 radical (unpaired) electrons. The van der Waals surface area contributed by atoms with Gasteiger partial charge < -0.3 is 15.9 Å². The van der Waals surface area contributed by atoms with Crippen molar-refractivity contribution in [3.63, 3.8) is 0 Å². The number of hydrogen-bond donors (Lipinski definition) is 5. The molecule has 0 aliphatic heterocycles. The van der Waals surface area contributed by atoms with Gasteiger partial charge in [-0.05, 0) is 12.1 Å². The summed E-state index contributed by atoms with van der Waals surface area (Å²) < 4.78 is 0.879. The van der Waals surface area contributed by atoms with Crippen LogP contribution >= 0.6 is 0 Å². The van der Waals surface area contributed by atoms with Gasteiger partial charge in [-0.15, -0.1) is 0 Å². The minimum atomic E-state index is -0.793. The average Bonchev–Trinajstić information content (AvgIpc) is 2.45. The molecule has 1 aromatic carbocycles. The second-order valence-electron chi connectivity index (χ2n) is 4.89. The summed E-state index contributed by atoms with van der Waals surface area (Å²) in [5.74, 6) is -0.721. The third kappa shape index (κ3) is 2.55. The first-order valence-corrected chi connectivity index (χ1v) is 6.66. The maximum atomic E-state index is 11.8. The van der Waals surface area contributed by atoms with Crippen molar-refractivity contribution in [2.24, 2.45) is 17.8 Å². The zero-order chi connectivity index (χ0) is 16.6. The Bertz CT molecular complexity index is 978. The van der Waals surface area contributed by atoms with Gasteiger partial charge in [0.15, 0.2) is 0 Å². The van der Waals surface area contributed by atoms with Gasteiger partial charge >= 0.3 is 5.69 Å². The third-order valence-corrected chi connectivity index (χ3v) is 3.40. The van der Waals surface area contributed by atoms with Crippen molar-refractivity contribution in [1.82, 2.24) is 19.7 Å². The number of aromatic amines is 3. The topological polar surface area (TPSA) is 145 Å². The third-order valence-electron chi connectivity index (χ3n) is 3.40. The Morgan fingerprint density at radius 2 is 1.91 bits per heavy atom. The van der Waals surface area contributed by atoms with Crippen LogP contribution in [0.1, 0.15) is 5.56 Å². The Balaban J connectivity index is 1.99. The van der Waals surface area contributed by atoms with E-state index in [-0.39, 0.29) is 11.4 Å². The predicted molar refractivity (Wildman–Crippen MR) is 84.9 cm³/mol. The molecule has 9 nitrogen and oxygen atoms in total. The van der Waals surface area contributed by atoms with Crippen LogP contribution in [0.3, 0.4) is 0 Å². The van der Waals surface area contributed by atoms with Crippen molar-refractivity contribution in [3.8, 4) is 17.1 Å². The Hall–Kier alpha value is -3.49. The highest BCUT2D eigenvalue weighted by Crippen LogP contribution is 2.21. The number of hydrogen-bond acceptors (Lipinski definition) is 4. The number of aromatic nitrogens is 4. The Labute approximate surface area is 129 Å². The molecule has 0 atom stereocenters. The molecule has 0 saturated heterocycles. The molecule has 0 aliphatic carbocycles. The number of aliphatic imine (C=N–C) groups is 1. The summed E-state index contributed by atoms with van der Waals surface area (Å²) in [5.41, 5.74) is 6.44. The number of amidine groups is 1. The van der Waals surface area contributed by atoms with E-state index in [1.165, 1.54) is 7.05 Å². The van der Waals surface area contributed by atoms with Crippen LogP contribution in [-0.2, 0) is 7.05 Å². The minimum absolute atomic E-state index is 0.185. The van der Waals surface area contributed by atoms with Gasteiger partial charge in [0.1, 0.15) is 11.4 Å². The highest BCUT2D eigenvalue weighted by atomic mass is 16.3. The van der Waals surface area contributed by atoms with E-state index in [9.17, 15) is 14.7 Å². The van der Waals surface area contributed by atoms with E-state index in [1.54, 1.807) is 12.1 Å². The first-order valence-electron chi connectivity index (χ1n) is 6.66. The standard InChI is InChI=1S/C14H14N6O3/c1-20-13(22)10(12(21)18-14(20)23)11(15)17-8-4-2-7(3-5-8)9-6-16-19-9/h2-6,16,19,22H,1H3,(H2,15,17)(H,18,21,23). The Morgan fingerprint density at radius 3 is 2.48 bits per heavy atom.